The van der Waals surface area contributed by atoms with Crippen LogP contribution in [0.1, 0.15) is 49.2 Å². The number of hydrogen-bond donors (Lipinski definition) is 3. The van der Waals surface area contributed by atoms with Crippen LogP contribution in [-0.2, 0) is 26.0 Å². The predicted molar refractivity (Wildman–Crippen MR) is 186 cm³/mol. The third-order valence-corrected chi connectivity index (χ3v) is 10.1. The molecule has 10 nitrogen and oxygen atoms in total. The van der Waals surface area contributed by atoms with Crippen LogP contribution in [0, 0.1) is 11.8 Å². The lowest BCUT2D eigenvalue weighted by Crippen LogP contribution is -2.52. The number of carbonyl (C=O) groups excluding carboxylic acids is 3. The molecular weight excluding hydrogens is 628 g/mol. The number of nitrogens with zero attached hydrogens (tertiary/aromatic N) is 2. The number of hydrogen-bond acceptors (Lipinski definition) is 7. The van der Waals surface area contributed by atoms with Gasteiger partial charge in [0, 0.05) is 38.4 Å². The summed E-state index contributed by atoms with van der Waals surface area (Å²) in [6.07, 6.45) is -1.13. The minimum absolute atomic E-state index is 0.107. The summed E-state index contributed by atoms with van der Waals surface area (Å²) < 4.78 is 28.7. The number of aromatic nitrogens is 1. The second-order valence-electron chi connectivity index (χ2n) is 12.3. The number of ketones is 1. The molecule has 0 aliphatic heterocycles. The molecule has 3 atom stereocenters. The Kier molecular flexibility index (Phi) is 13.0. The highest BCUT2D eigenvalue weighted by molar-refractivity contribution is 7.89. The van der Waals surface area contributed by atoms with Crippen molar-refractivity contribution in [2.75, 3.05) is 20.1 Å². The van der Waals surface area contributed by atoms with E-state index in [9.17, 15) is 27.9 Å². The van der Waals surface area contributed by atoms with Crippen LogP contribution < -0.4 is 10.6 Å². The molecule has 48 heavy (non-hydrogen) atoms. The van der Waals surface area contributed by atoms with Gasteiger partial charge in [0.05, 0.1) is 28.5 Å². The van der Waals surface area contributed by atoms with Crippen molar-refractivity contribution in [1.82, 2.24) is 19.9 Å². The Bertz CT molecular complexity index is 1780. The van der Waals surface area contributed by atoms with Crippen molar-refractivity contribution in [2.24, 2.45) is 11.8 Å². The van der Waals surface area contributed by atoms with Crippen LogP contribution in [0.3, 0.4) is 0 Å². The average molecular weight is 673 g/mol. The molecular formula is C37H44N4O6S. The smallest absolute Gasteiger partial charge is 0.243 e. The molecule has 1 aromatic heterocycles. The highest BCUT2D eigenvalue weighted by Gasteiger charge is 2.33. The van der Waals surface area contributed by atoms with Crippen molar-refractivity contribution in [2.45, 2.75) is 56.6 Å². The molecule has 4 rings (SSSR count). The van der Waals surface area contributed by atoms with Crippen LogP contribution in [0.2, 0.25) is 0 Å². The molecule has 2 amide bonds. The van der Waals surface area contributed by atoms with Crippen LogP contribution in [0.5, 0.6) is 0 Å². The molecule has 0 saturated carbocycles. The first kappa shape index (κ1) is 36.4. The number of fused-ring (bicyclic) bond motifs is 1. The van der Waals surface area contributed by atoms with E-state index in [0.29, 0.717) is 11.9 Å². The van der Waals surface area contributed by atoms with E-state index in [1.165, 1.54) is 23.5 Å². The molecule has 0 aliphatic rings. The van der Waals surface area contributed by atoms with E-state index >= 15 is 0 Å². The zero-order chi connectivity index (χ0) is 34.7. The normalized spacial score (nSPS) is 13.6. The quantitative estimate of drug-likeness (QED) is 0.141. The van der Waals surface area contributed by atoms with Gasteiger partial charge in [0.25, 0.3) is 0 Å². The van der Waals surface area contributed by atoms with Crippen molar-refractivity contribution in [1.29, 1.82) is 0 Å². The largest absolute Gasteiger partial charge is 0.390 e. The number of nitrogens with one attached hydrogen (secondary N) is 2. The number of amides is 2. The van der Waals surface area contributed by atoms with E-state index in [-0.39, 0.29) is 48.9 Å². The number of para-hydroxylation sites is 1. The first-order valence-electron chi connectivity index (χ1n) is 16.1. The van der Waals surface area contributed by atoms with E-state index in [0.717, 1.165) is 10.9 Å². The van der Waals surface area contributed by atoms with Crippen LogP contribution >= 0.6 is 0 Å². The molecule has 0 radical (unpaired) electrons. The monoisotopic (exact) mass is 672 g/mol. The Morgan fingerprint density at radius 2 is 1.50 bits per heavy atom. The molecule has 3 N–H and O–H groups in total. The molecule has 11 heteroatoms. The molecule has 0 bridgehead atoms. The van der Waals surface area contributed by atoms with Gasteiger partial charge < -0.3 is 15.7 Å². The lowest BCUT2D eigenvalue weighted by atomic mass is 9.94. The van der Waals surface area contributed by atoms with E-state index in [1.54, 1.807) is 36.4 Å². The molecule has 0 fully saturated rings. The minimum atomic E-state index is -3.97. The highest BCUT2D eigenvalue weighted by Crippen LogP contribution is 2.21. The van der Waals surface area contributed by atoms with Gasteiger partial charge >= 0.3 is 0 Å². The molecule has 3 aromatic carbocycles. The van der Waals surface area contributed by atoms with Crippen molar-refractivity contribution in [3.63, 3.8) is 0 Å². The Morgan fingerprint density at radius 3 is 2.17 bits per heavy atom. The van der Waals surface area contributed by atoms with Crippen LogP contribution in [0.25, 0.3) is 10.9 Å². The van der Waals surface area contributed by atoms with Crippen molar-refractivity contribution >= 4 is 38.5 Å². The number of aliphatic hydroxyl groups is 1. The third kappa shape index (κ3) is 10.0. The first-order valence-corrected chi connectivity index (χ1v) is 17.6. The Hall–Kier alpha value is -4.45. The standard InChI is InChI=1S/C37H44N4O6S/c1-26(2)20-21-41(48(46,47)30-15-8-5-9-16-30)25-35(43)33(22-27-12-6-4-7-13-27)40-37(45)29(24-36(44)38-3)23-34(42)32-19-18-28-14-10-11-17-31(28)39-32/h4-19,26,29,33,35,43H,20-25H2,1-3H3,(H,38,44)(H,40,45)/t29-,33-,35+/m0/s1. The number of carbonyl (C=O) groups is 3. The second kappa shape index (κ2) is 17.1. The number of benzene rings is 3. The van der Waals surface area contributed by atoms with Crippen LogP contribution in [-0.4, -0.2) is 72.7 Å². The Morgan fingerprint density at radius 1 is 0.854 bits per heavy atom. The van der Waals surface area contributed by atoms with Gasteiger partial charge in [0.15, 0.2) is 5.78 Å². The highest BCUT2D eigenvalue weighted by atomic mass is 32.2. The second-order valence-corrected chi connectivity index (χ2v) is 14.3. The van der Waals surface area contributed by atoms with Gasteiger partial charge in [-0.2, -0.15) is 4.31 Å². The van der Waals surface area contributed by atoms with Gasteiger partial charge in [0.2, 0.25) is 21.8 Å². The maximum Gasteiger partial charge on any atom is 0.243 e. The molecule has 0 spiro atoms. The Balaban J connectivity index is 1.60. The Labute approximate surface area is 282 Å². The zero-order valence-corrected chi connectivity index (χ0v) is 28.4. The summed E-state index contributed by atoms with van der Waals surface area (Å²) in [6, 6.07) is 27.0. The lowest BCUT2D eigenvalue weighted by molar-refractivity contribution is -0.131. The minimum Gasteiger partial charge on any atom is -0.390 e. The number of Topliss-reactive ketones (excluding diaryl/α,β-unsaturated/α-hetero) is 1. The van der Waals surface area contributed by atoms with Crippen molar-refractivity contribution < 1.29 is 27.9 Å². The summed E-state index contributed by atoms with van der Waals surface area (Å²) in [5, 5.41) is 17.9. The first-order chi connectivity index (χ1) is 23.0. The van der Waals surface area contributed by atoms with E-state index in [2.05, 4.69) is 15.6 Å². The third-order valence-electron chi connectivity index (χ3n) is 8.22. The van der Waals surface area contributed by atoms with Gasteiger partial charge in [0.1, 0.15) is 5.69 Å². The van der Waals surface area contributed by atoms with E-state index < -0.39 is 45.7 Å². The fraction of sp³-hybridized carbons (Fsp3) is 0.351. The number of rotatable bonds is 17. The number of aliphatic hydroxyl groups excluding tert-OH is 1. The van der Waals surface area contributed by atoms with Crippen LogP contribution in [0.4, 0.5) is 0 Å². The molecule has 1 heterocycles. The van der Waals surface area contributed by atoms with Crippen molar-refractivity contribution in [3.05, 3.63) is 108 Å². The summed E-state index contributed by atoms with van der Waals surface area (Å²) in [5.74, 6) is -2.30. The molecule has 0 aliphatic carbocycles. The molecule has 0 saturated heterocycles. The number of pyridine rings is 1. The topological polar surface area (TPSA) is 146 Å². The van der Waals surface area contributed by atoms with E-state index in [1.807, 2.05) is 62.4 Å². The van der Waals surface area contributed by atoms with Crippen molar-refractivity contribution in [3.8, 4) is 0 Å². The molecule has 4 aromatic rings. The van der Waals surface area contributed by atoms with Gasteiger partial charge in [-0.05, 0) is 48.6 Å². The fourth-order valence-electron chi connectivity index (χ4n) is 5.37. The molecule has 0 unspecified atom stereocenters. The fourth-order valence-corrected chi connectivity index (χ4v) is 6.87. The summed E-state index contributed by atoms with van der Waals surface area (Å²) in [6.45, 7) is 3.87. The van der Waals surface area contributed by atoms with Gasteiger partial charge in [-0.25, -0.2) is 13.4 Å². The summed E-state index contributed by atoms with van der Waals surface area (Å²) in [4.78, 5) is 44.4. The van der Waals surface area contributed by atoms with E-state index in [4.69, 9.17) is 0 Å². The predicted octanol–water partition coefficient (Wildman–Crippen LogP) is 4.39. The zero-order valence-electron chi connectivity index (χ0n) is 27.6. The maximum absolute atomic E-state index is 13.9. The van der Waals surface area contributed by atoms with Crippen LogP contribution in [0.15, 0.2) is 102 Å². The lowest BCUT2D eigenvalue weighted by Gasteiger charge is -2.31. The molecule has 254 valence electrons. The summed E-state index contributed by atoms with van der Waals surface area (Å²) >= 11 is 0. The van der Waals surface area contributed by atoms with Gasteiger partial charge in [-0.1, -0.05) is 86.6 Å². The van der Waals surface area contributed by atoms with Gasteiger partial charge in [-0.15, -0.1) is 0 Å². The SMILES string of the molecule is CNC(=O)C[C@H](CC(=O)c1ccc2ccccc2n1)C(=O)N[C@@H](Cc1ccccc1)[C@H](O)CN(CCC(C)C)S(=O)(=O)c1ccccc1. The summed E-state index contributed by atoms with van der Waals surface area (Å²) in [7, 11) is -2.52. The maximum atomic E-state index is 13.9. The average Bonchev–Trinajstić information content (AvgIpc) is 3.09. The van der Waals surface area contributed by atoms with Gasteiger partial charge in [-0.3, -0.25) is 14.4 Å². The number of sulfonamides is 1. The summed E-state index contributed by atoms with van der Waals surface area (Å²) in [5.41, 5.74) is 1.62.